The number of carbonyl (C=O) groups is 1. The lowest BCUT2D eigenvalue weighted by Crippen LogP contribution is -2.23. The van der Waals surface area contributed by atoms with E-state index in [4.69, 9.17) is 11.6 Å². The zero-order valence-electron chi connectivity index (χ0n) is 19.9. The Bertz CT molecular complexity index is 1310. The number of halogens is 2. The summed E-state index contributed by atoms with van der Waals surface area (Å²) in [7, 11) is 2.83. The Morgan fingerprint density at radius 2 is 1.80 bits per heavy atom. The van der Waals surface area contributed by atoms with E-state index in [2.05, 4.69) is 15.5 Å². The molecule has 0 saturated carbocycles. The summed E-state index contributed by atoms with van der Waals surface area (Å²) in [5.41, 5.74) is 0.960. The Balaban J connectivity index is 1.81. The smallest absolute Gasteiger partial charge is 0.244 e. The summed E-state index contributed by atoms with van der Waals surface area (Å²) < 4.78 is 41.3. The lowest BCUT2D eigenvalue weighted by atomic mass is 10.2. The summed E-state index contributed by atoms with van der Waals surface area (Å²) in [6.07, 6.45) is 0. The fourth-order valence-corrected chi connectivity index (χ4v) is 5.16. The largest absolute Gasteiger partial charge is 0.325 e. The van der Waals surface area contributed by atoms with Crippen molar-refractivity contribution in [3.8, 4) is 5.69 Å². The molecular formula is C22H26ClFN6O3S2. The Kier molecular flexibility index (Phi) is 8.54. The van der Waals surface area contributed by atoms with Gasteiger partial charge in [-0.1, -0.05) is 23.4 Å². The summed E-state index contributed by atoms with van der Waals surface area (Å²) in [6, 6.07) is 10.1. The van der Waals surface area contributed by atoms with Crippen molar-refractivity contribution in [3.05, 3.63) is 59.1 Å². The number of hydrogen-bond donors (Lipinski definition) is 1. The number of aromatic nitrogens is 3. The predicted molar refractivity (Wildman–Crippen MR) is 135 cm³/mol. The molecule has 0 spiro atoms. The molecular weight excluding hydrogens is 515 g/mol. The van der Waals surface area contributed by atoms with Crippen LogP contribution in [0.5, 0.6) is 0 Å². The van der Waals surface area contributed by atoms with Crippen LogP contribution in [-0.4, -0.2) is 72.2 Å². The molecule has 2 aromatic carbocycles. The molecule has 0 saturated heterocycles. The third-order valence-electron chi connectivity index (χ3n) is 5.20. The van der Waals surface area contributed by atoms with Crippen LogP contribution < -0.4 is 5.32 Å². The number of amides is 1. The molecule has 0 aliphatic carbocycles. The molecule has 1 heterocycles. The number of benzene rings is 2. The first-order valence-corrected chi connectivity index (χ1v) is 13.2. The minimum atomic E-state index is -3.78. The van der Waals surface area contributed by atoms with Gasteiger partial charge in [-0.25, -0.2) is 17.1 Å². The van der Waals surface area contributed by atoms with Crippen molar-refractivity contribution < 1.29 is 17.6 Å². The van der Waals surface area contributed by atoms with Gasteiger partial charge in [0.2, 0.25) is 15.9 Å². The highest BCUT2D eigenvalue weighted by Crippen LogP contribution is 2.29. The normalized spacial score (nSPS) is 12.8. The lowest BCUT2D eigenvalue weighted by molar-refractivity contribution is -0.113. The SMILES string of the molecule is CC(c1nnc(SCC(=O)Nc2ccc(Cl)c(S(=O)(=O)N(C)C)c2)n1-c1ccc(F)cc1)N(C)C. The molecule has 1 atom stereocenters. The minimum absolute atomic E-state index is 0.0198. The quantitative estimate of drug-likeness (QED) is 0.413. The lowest BCUT2D eigenvalue weighted by Gasteiger charge is -2.20. The molecule has 35 heavy (non-hydrogen) atoms. The van der Waals surface area contributed by atoms with Gasteiger partial charge in [0.25, 0.3) is 0 Å². The van der Waals surface area contributed by atoms with Gasteiger partial charge in [-0.05, 0) is 63.5 Å². The highest BCUT2D eigenvalue weighted by atomic mass is 35.5. The molecule has 188 valence electrons. The molecule has 9 nitrogen and oxygen atoms in total. The molecule has 0 radical (unpaired) electrons. The van der Waals surface area contributed by atoms with Crippen molar-refractivity contribution >= 4 is 45.0 Å². The van der Waals surface area contributed by atoms with Crippen LogP contribution in [-0.2, 0) is 14.8 Å². The fraction of sp³-hybridized carbons (Fsp3) is 0.318. The van der Waals surface area contributed by atoms with Gasteiger partial charge in [0.15, 0.2) is 11.0 Å². The molecule has 0 fully saturated rings. The maximum absolute atomic E-state index is 13.5. The molecule has 3 aromatic rings. The van der Waals surface area contributed by atoms with E-state index in [-0.39, 0.29) is 33.4 Å². The number of sulfonamides is 1. The van der Waals surface area contributed by atoms with E-state index >= 15 is 0 Å². The van der Waals surface area contributed by atoms with Crippen LogP contribution in [0.2, 0.25) is 5.02 Å². The highest BCUT2D eigenvalue weighted by molar-refractivity contribution is 7.99. The van der Waals surface area contributed by atoms with Gasteiger partial charge in [0.05, 0.1) is 16.8 Å². The topological polar surface area (TPSA) is 100 Å². The summed E-state index contributed by atoms with van der Waals surface area (Å²) >= 11 is 7.22. The Hall–Kier alpha value is -2.51. The third-order valence-corrected chi connectivity index (χ3v) is 8.42. The van der Waals surface area contributed by atoms with Gasteiger partial charge in [0, 0.05) is 25.5 Å². The van der Waals surface area contributed by atoms with E-state index in [1.165, 1.54) is 44.4 Å². The van der Waals surface area contributed by atoms with Crippen molar-refractivity contribution in [2.45, 2.75) is 23.0 Å². The van der Waals surface area contributed by atoms with E-state index in [0.29, 0.717) is 22.4 Å². The summed E-state index contributed by atoms with van der Waals surface area (Å²) in [4.78, 5) is 14.5. The van der Waals surface area contributed by atoms with Crippen molar-refractivity contribution in [2.75, 3.05) is 39.3 Å². The molecule has 3 rings (SSSR count). The van der Waals surface area contributed by atoms with Crippen LogP contribution in [0.25, 0.3) is 5.69 Å². The van der Waals surface area contributed by atoms with Crippen molar-refractivity contribution in [1.82, 2.24) is 24.0 Å². The summed E-state index contributed by atoms with van der Waals surface area (Å²) in [5, 5.41) is 11.8. The molecule has 1 N–H and O–H groups in total. The van der Waals surface area contributed by atoms with E-state index in [1.807, 2.05) is 25.9 Å². The predicted octanol–water partition coefficient (Wildman–Crippen LogP) is 3.66. The number of anilines is 1. The second-order valence-corrected chi connectivity index (χ2v) is 11.5. The zero-order chi connectivity index (χ0) is 25.9. The monoisotopic (exact) mass is 540 g/mol. The van der Waals surface area contributed by atoms with Crippen LogP contribution in [0, 0.1) is 5.82 Å². The van der Waals surface area contributed by atoms with Gasteiger partial charge in [0.1, 0.15) is 10.7 Å². The molecule has 0 bridgehead atoms. The number of nitrogens with one attached hydrogen (secondary N) is 1. The second-order valence-electron chi connectivity index (χ2n) is 8.06. The maximum atomic E-state index is 13.5. The van der Waals surface area contributed by atoms with E-state index in [0.717, 1.165) is 16.1 Å². The Morgan fingerprint density at radius 1 is 1.14 bits per heavy atom. The number of thioether (sulfide) groups is 1. The fourth-order valence-electron chi connectivity index (χ4n) is 3.01. The standard InChI is InChI=1S/C22H26ClFN6O3S2/c1-14(28(2)3)21-26-27-22(30(21)17-9-6-15(24)7-10-17)34-13-20(31)25-16-8-11-18(23)19(12-16)35(32,33)29(4)5/h6-12,14H,13H2,1-5H3,(H,25,31). The van der Waals surface area contributed by atoms with Gasteiger partial charge in [-0.2, -0.15) is 0 Å². The van der Waals surface area contributed by atoms with Crippen LogP contribution >= 0.6 is 23.4 Å². The zero-order valence-corrected chi connectivity index (χ0v) is 22.2. The van der Waals surface area contributed by atoms with E-state index < -0.39 is 10.0 Å². The van der Waals surface area contributed by atoms with Gasteiger partial charge in [-0.15, -0.1) is 10.2 Å². The van der Waals surface area contributed by atoms with Crippen molar-refractivity contribution in [2.24, 2.45) is 0 Å². The molecule has 1 unspecified atom stereocenters. The Labute approximate surface area is 213 Å². The first-order chi connectivity index (χ1) is 16.4. The van der Waals surface area contributed by atoms with Gasteiger partial charge >= 0.3 is 0 Å². The van der Waals surface area contributed by atoms with Crippen molar-refractivity contribution in [3.63, 3.8) is 0 Å². The highest BCUT2D eigenvalue weighted by Gasteiger charge is 2.23. The number of hydrogen-bond acceptors (Lipinski definition) is 7. The van der Waals surface area contributed by atoms with Crippen LogP contribution in [0.3, 0.4) is 0 Å². The summed E-state index contributed by atoms with van der Waals surface area (Å²) in [5.74, 6) is -0.119. The van der Waals surface area contributed by atoms with Crippen LogP contribution in [0.15, 0.2) is 52.5 Å². The van der Waals surface area contributed by atoms with Crippen LogP contribution in [0.1, 0.15) is 18.8 Å². The maximum Gasteiger partial charge on any atom is 0.244 e. The van der Waals surface area contributed by atoms with E-state index in [1.54, 1.807) is 16.7 Å². The minimum Gasteiger partial charge on any atom is -0.325 e. The molecule has 1 amide bonds. The number of carbonyl (C=O) groups excluding carboxylic acids is 1. The third kappa shape index (κ3) is 6.19. The van der Waals surface area contributed by atoms with Gasteiger partial charge in [-0.3, -0.25) is 14.3 Å². The summed E-state index contributed by atoms with van der Waals surface area (Å²) in [6.45, 7) is 1.96. The van der Waals surface area contributed by atoms with Gasteiger partial charge < -0.3 is 5.32 Å². The van der Waals surface area contributed by atoms with E-state index in [9.17, 15) is 17.6 Å². The molecule has 0 aliphatic rings. The molecule has 0 aliphatic heterocycles. The Morgan fingerprint density at radius 3 is 2.40 bits per heavy atom. The first-order valence-electron chi connectivity index (χ1n) is 10.4. The molecule has 13 heteroatoms. The van der Waals surface area contributed by atoms with Crippen LogP contribution in [0.4, 0.5) is 10.1 Å². The van der Waals surface area contributed by atoms with Crippen molar-refractivity contribution in [1.29, 1.82) is 0 Å². The molecule has 1 aromatic heterocycles. The number of rotatable bonds is 9. The average Bonchev–Trinajstić information content (AvgIpc) is 3.22. The first kappa shape index (κ1) is 27.1. The number of nitrogens with zero attached hydrogens (tertiary/aromatic N) is 5. The second kappa shape index (κ2) is 11.0. The average molecular weight is 541 g/mol.